The molecule has 0 unspecified atom stereocenters. The Bertz CT molecular complexity index is 489. The summed E-state index contributed by atoms with van der Waals surface area (Å²) < 4.78 is 19.2. The highest BCUT2D eigenvalue weighted by molar-refractivity contribution is 9.10. The van der Waals surface area contributed by atoms with Crippen LogP contribution < -0.4 is 10.1 Å². The Balaban J connectivity index is 1.77. The first-order valence-corrected chi connectivity index (χ1v) is 7.35. The van der Waals surface area contributed by atoms with Gasteiger partial charge in [0.15, 0.2) is 18.2 Å². The summed E-state index contributed by atoms with van der Waals surface area (Å²) in [5.74, 6) is -0.864. The van der Waals surface area contributed by atoms with E-state index in [1.54, 1.807) is 6.07 Å². The van der Waals surface area contributed by atoms with Crippen molar-refractivity contribution in [2.75, 3.05) is 13.2 Å². The maximum atomic E-state index is 13.5. The molecule has 1 aliphatic rings. The minimum Gasteiger partial charge on any atom is -0.481 e. The number of carbonyl (C=O) groups excluding carboxylic acids is 1. The Kier molecular flexibility index (Phi) is 4.99. The minimum absolute atomic E-state index is 0.0305. The zero-order valence-corrected chi connectivity index (χ0v) is 12.6. The zero-order chi connectivity index (χ0) is 14.6. The third-order valence-electron chi connectivity index (χ3n) is 3.40. The van der Waals surface area contributed by atoms with Gasteiger partial charge in [0.05, 0.1) is 5.60 Å². The molecule has 110 valence electrons. The lowest BCUT2D eigenvalue weighted by molar-refractivity contribution is -0.124. The lowest BCUT2D eigenvalue weighted by Crippen LogP contribution is -2.42. The van der Waals surface area contributed by atoms with E-state index in [0.29, 0.717) is 17.3 Å². The van der Waals surface area contributed by atoms with Crippen LogP contribution in [0.25, 0.3) is 0 Å². The second-order valence-corrected chi connectivity index (χ2v) is 5.99. The number of hydrogen-bond donors (Lipinski definition) is 2. The Hall–Kier alpha value is -1.14. The molecule has 0 heterocycles. The summed E-state index contributed by atoms with van der Waals surface area (Å²) in [5, 5.41) is 12.7. The van der Waals surface area contributed by atoms with Crippen molar-refractivity contribution >= 4 is 21.8 Å². The molecule has 1 aromatic rings. The number of amides is 1. The number of aliphatic hydroxyl groups is 1. The summed E-state index contributed by atoms with van der Waals surface area (Å²) in [5.41, 5.74) is -0.793. The van der Waals surface area contributed by atoms with E-state index in [2.05, 4.69) is 21.2 Å². The summed E-state index contributed by atoms with van der Waals surface area (Å²) in [6.07, 6.45) is 3.37. The van der Waals surface area contributed by atoms with Gasteiger partial charge in [0.1, 0.15) is 0 Å². The quantitative estimate of drug-likeness (QED) is 0.861. The van der Waals surface area contributed by atoms with Crippen molar-refractivity contribution in [3.8, 4) is 5.75 Å². The van der Waals surface area contributed by atoms with E-state index in [1.807, 2.05) is 0 Å². The molecule has 4 nitrogen and oxygen atoms in total. The van der Waals surface area contributed by atoms with Crippen LogP contribution in [0.1, 0.15) is 25.7 Å². The van der Waals surface area contributed by atoms with Crippen LogP contribution in [0.2, 0.25) is 0 Å². The third kappa shape index (κ3) is 4.18. The van der Waals surface area contributed by atoms with Crippen molar-refractivity contribution in [1.82, 2.24) is 5.32 Å². The normalized spacial score (nSPS) is 16.9. The molecule has 0 atom stereocenters. The molecular weight excluding hydrogens is 329 g/mol. The maximum absolute atomic E-state index is 13.5. The van der Waals surface area contributed by atoms with Crippen molar-refractivity contribution < 1.29 is 19.0 Å². The van der Waals surface area contributed by atoms with Gasteiger partial charge in [-0.05, 0) is 31.0 Å². The van der Waals surface area contributed by atoms with E-state index in [0.717, 1.165) is 12.8 Å². The predicted molar refractivity (Wildman–Crippen MR) is 76.0 cm³/mol. The average Bonchev–Trinajstić information content (AvgIpc) is 2.83. The first kappa shape index (κ1) is 15.3. The lowest BCUT2D eigenvalue weighted by atomic mass is 10.0. The van der Waals surface area contributed by atoms with Gasteiger partial charge in [-0.15, -0.1) is 0 Å². The van der Waals surface area contributed by atoms with Crippen LogP contribution in [0.5, 0.6) is 5.75 Å². The highest BCUT2D eigenvalue weighted by Gasteiger charge is 2.31. The predicted octanol–water partition coefficient (Wildman–Crippen LogP) is 2.39. The summed E-state index contributed by atoms with van der Waals surface area (Å²) in [6, 6.07) is 4.36. The number of carbonyl (C=O) groups is 1. The molecule has 2 N–H and O–H groups in total. The first-order chi connectivity index (χ1) is 9.48. The summed E-state index contributed by atoms with van der Waals surface area (Å²) in [7, 11) is 0. The van der Waals surface area contributed by atoms with Crippen molar-refractivity contribution in [2.45, 2.75) is 31.3 Å². The standard InChI is InChI=1S/C14H17BrFNO3/c15-10-3-4-12(11(16)7-10)20-8-13(18)17-9-14(19)5-1-2-6-14/h3-4,7,19H,1-2,5-6,8-9H2,(H,17,18). The second-order valence-electron chi connectivity index (χ2n) is 5.07. The molecule has 0 aromatic heterocycles. The molecule has 0 spiro atoms. The second kappa shape index (κ2) is 6.54. The minimum atomic E-state index is -0.793. The van der Waals surface area contributed by atoms with E-state index in [1.165, 1.54) is 12.1 Å². The summed E-state index contributed by atoms with van der Waals surface area (Å²) >= 11 is 3.14. The topological polar surface area (TPSA) is 58.6 Å². The van der Waals surface area contributed by atoms with Crippen LogP contribution in [0.3, 0.4) is 0 Å². The van der Waals surface area contributed by atoms with Crippen LogP contribution in [0.15, 0.2) is 22.7 Å². The Labute approximate surface area is 125 Å². The number of hydrogen-bond acceptors (Lipinski definition) is 3. The molecule has 6 heteroatoms. The fraction of sp³-hybridized carbons (Fsp3) is 0.500. The van der Waals surface area contributed by atoms with Gasteiger partial charge < -0.3 is 15.2 Å². The van der Waals surface area contributed by atoms with Gasteiger partial charge in [-0.2, -0.15) is 0 Å². The molecule has 1 aliphatic carbocycles. The summed E-state index contributed by atoms with van der Waals surface area (Å²) in [4.78, 5) is 11.6. The van der Waals surface area contributed by atoms with E-state index in [4.69, 9.17) is 4.74 Å². The molecule has 1 saturated carbocycles. The van der Waals surface area contributed by atoms with E-state index >= 15 is 0 Å². The monoisotopic (exact) mass is 345 g/mol. The van der Waals surface area contributed by atoms with E-state index in [9.17, 15) is 14.3 Å². The van der Waals surface area contributed by atoms with Crippen LogP contribution >= 0.6 is 15.9 Å². The van der Waals surface area contributed by atoms with Crippen LogP contribution in [0, 0.1) is 5.82 Å². The first-order valence-electron chi connectivity index (χ1n) is 6.55. The van der Waals surface area contributed by atoms with Gasteiger partial charge in [0.2, 0.25) is 0 Å². The Morgan fingerprint density at radius 2 is 2.15 bits per heavy atom. The third-order valence-corrected chi connectivity index (χ3v) is 3.89. The van der Waals surface area contributed by atoms with Gasteiger partial charge in [0, 0.05) is 11.0 Å². The molecule has 1 aromatic carbocycles. The molecule has 1 fully saturated rings. The Morgan fingerprint density at radius 1 is 1.45 bits per heavy atom. The SMILES string of the molecule is O=C(COc1ccc(Br)cc1F)NCC1(O)CCCC1. The molecule has 0 aliphatic heterocycles. The number of halogens is 2. The largest absolute Gasteiger partial charge is 0.481 e. The highest BCUT2D eigenvalue weighted by Crippen LogP contribution is 2.28. The fourth-order valence-corrected chi connectivity index (χ4v) is 2.59. The van der Waals surface area contributed by atoms with Crippen molar-refractivity contribution in [3.63, 3.8) is 0 Å². The van der Waals surface area contributed by atoms with Crippen LogP contribution in [0.4, 0.5) is 4.39 Å². The molecule has 0 bridgehead atoms. The molecular formula is C14H17BrFNO3. The molecule has 20 heavy (non-hydrogen) atoms. The smallest absolute Gasteiger partial charge is 0.258 e. The number of benzene rings is 1. The molecule has 1 amide bonds. The van der Waals surface area contributed by atoms with Gasteiger partial charge in [0.25, 0.3) is 5.91 Å². The van der Waals surface area contributed by atoms with Gasteiger partial charge in [-0.1, -0.05) is 28.8 Å². The molecule has 2 rings (SSSR count). The summed E-state index contributed by atoms with van der Waals surface area (Å²) in [6.45, 7) is -0.0490. The lowest BCUT2D eigenvalue weighted by Gasteiger charge is -2.22. The van der Waals surface area contributed by atoms with Crippen LogP contribution in [-0.2, 0) is 4.79 Å². The van der Waals surface area contributed by atoms with Gasteiger partial charge in [-0.25, -0.2) is 4.39 Å². The number of ether oxygens (including phenoxy) is 1. The highest BCUT2D eigenvalue weighted by atomic mass is 79.9. The van der Waals surface area contributed by atoms with E-state index in [-0.39, 0.29) is 24.8 Å². The average molecular weight is 346 g/mol. The number of rotatable bonds is 5. The molecule has 0 radical (unpaired) electrons. The van der Waals surface area contributed by atoms with Crippen molar-refractivity contribution in [2.24, 2.45) is 0 Å². The molecule has 0 saturated heterocycles. The maximum Gasteiger partial charge on any atom is 0.258 e. The van der Waals surface area contributed by atoms with E-state index < -0.39 is 11.4 Å². The fourth-order valence-electron chi connectivity index (χ4n) is 2.26. The van der Waals surface area contributed by atoms with Crippen LogP contribution in [-0.4, -0.2) is 29.8 Å². The van der Waals surface area contributed by atoms with Crippen molar-refractivity contribution in [1.29, 1.82) is 0 Å². The number of nitrogens with one attached hydrogen (secondary N) is 1. The Morgan fingerprint density at radius 3 is 2.80 bits per heavy atom. The van der Waals surface area contributed by atoms with Gasteiger partial charge in [-0.3, -0.25) is 4.79 Å². The zero-order valence-electron chi connectivity index (χ0n) is 11.0. The van der Waals surface area contributed by atoms with Gasteiger partial charge >= 0.3 is 0 Å². The van der Waals surface area contributed by atoms with Crippen molar-refractivity contribution in [3.05, 3.63) is 28.5 Å².